The molecule has 4 nitrogen and oxygen atoms in total. The van der Waals surface area contributed by atoms with E-state index in [-0.39, 0.29) is 11.6 Å². The minimum absolute atomic E-state index is 0.0232. The van der Waals surface area contributed by atoms with Crippen molar-refractivity contribution in [3.63, 3.8) is 0 Å². The number of H-pyrrole nitrogens is 1. The molecule has 0 radical (unpaired) electrons. The van der Waals surface area contributed by atoms with Crippen molar-refractivity contribution in [1.82, 2.24) is 14.5 Å². The molecule has 2 rings (SSSR count). The van der Waals surface area contributed by atoms with E-state index in [4.69, 9.17) is 12.2 Å². The van der Waals surface area contributed by atoms with Crippen LogP contribution < -0.4 is 5.56 Å². The molecular weight excluding hydrogens is 266 g/mol. The van der Waals surface area contributed by atoms with Gasteiger partial charge >= 0.3 is 0 Å². The molecule has 98 valence electrons. The minimum Gasteiger partial charge on any atom is -0.331 e. The second-order valence-electron chi connectivity index (χ2n) is 4.71. The molecule has 0 bridgehead atoms. The maximum atomic E-state index is 12.4. The van der Waals surface area contributed by atoms with Crippen LogP contribution >= 0.6 is 23.6 Å². The summed E-state index contributed by atoms with van der Waals surface area (Å²) >= 11 is 6.74. The van der Waals surface area contributed by atoms with E-state index in [9.17, 15) is 4.79 Å². The smallest absolute Gasteiger partial charge is 0.272 e. The highest BCUT2D eigenvalue weighted by Gasteiger charge is 2.12. The first kappa shape index (κ1) is 13.5. The molecule has 1 unspecified atom stereocenters. The topological polar surface area (TPSA) is 41.0 Å². The number of aromatic amines is 1. The van der Waals surface area contributed by atoms with Crippen molar-refractivity contribution in [3.05, 3.63) is 26.6 Å². The maximum Gasteiger partial charge on any atom is 0.272 e. The van der Waals surface area contributed by atoms with Crippen LogP contribution in [0, 0.1) is 4.77 Å². The van der Waals surface area contributed by atoms with Gasteiger partial charge in [-0.05, 0) is 57.6 Å². The molecule has 18 heavy (non-hydrogen) atoms. The van der Waals surface area contributed by atoms with Crippen LogP contribution in [0.25, 0.3) is 10.2 Å². The molecule has 2 aromatic rings. The van der Waals surface area contributed by atoms with E-state index >= 15 is 0 Å². The number of hydrogen-bond acceptors (Lipinski definition) is 4. The van der Waals surface area contributed by atoms with Gasteiger partial charge in [-0.1, -0.05) is 0 Å². The lowest BCUT2D eigenvalue weighted by Crippen LogP contribution is -2.27. The lowest BCUT2D eigenvalue weighted by atomic mass is 10.2. The third kappa shape index (κ3) is 2.55. The number of fused-ring (bicyclic) bond motifs is 1. The zero-order chi connectivity index (χ0) is 13.3. The normalized spacial score (nSPS) is 13.3. The molecule has 6 heteroatoms. The largest absolute Gasteiger partial charge is 0.331 e. The summed E-state index contributed by atoms with van der Waals surface area (Å²) < 4.78 is 2.95. The third-order valence-corrected chi connectivity index (χ3v) is 4.17. The SMILES string of the molecule is CC(CCN(C)C)n1c(=S)[nH]c2ccsc2c1=O. The monoisotopic (exact) mass is 283 g/mol. The standard InChI is InChI=1S/C12H17N3OS2/c1-8(4-6-14(2)3)15-11(16)10-9(5-7-18-10)13-12(15)17/h5,7-8H,4,6H2,1-3H3,(H,13,17). The summed E-state index contributed by atoms with van der Waals surface area (Å²) in [5.41, 5.74) is 0.862. The van der Waals surface area contributed by atoms with Crippen LogP contribution in [0.2, 0.25) is 0 Å². The Morgan fingerprint density at radius 2 is 2.28 bits per heavy atom. The van der Waals surface area contributed by atoms with Gasteiger partial charge in [0.05, 0.1) is 5.52 Å². The number of nitrogens with zero attached hydrogens (tertiary/aromatic N) is 2. The number of hydrogen-bond donors (Lipinski definition) is 1. The van der Waals surface area contributed by atoms with Crippen LogP contribution in [0.3, 0.4) is 0 Å². The average Bonchev–Trinajstić information content (AvgIpc) is 2.74. The summed E-state index contributed by atoms with van der Waals surface area (Å²) in [6, 6.07) is 2.00. The van der Waals surface area contributed by atoms with Crippen molar-refractivity contribution < 1.29 is 0 Å². The number of nitrogens with one attached hydrogen (secondary N) is 1. The van der Waals surface area contributed by atoms with Crippen molar-refractivity contribution in [2.45, 2.75) is 19.4 Å². The summed E-state index contributed by atoms with van der Waals surface area (Å²) in [4.78, 5) is 17.6. The molecule has 2 aromatic heterocycles. The number of thiophene rings is 1. The minimum atomic E-state index is 0.0232. The van der Waals surface area contributed by atoms with Gasteiger partial charge in [-0.25, -0.2) is 0 Å². The second-order valence-corrected chi connectivity index (χ2v) is 6.01. The van der Waals surface area contributed by atoms with E-state index in [1.807, 2.05) is 32.5 Å². The van der Waals surface area contributed by atoms with E-state index in [1.165, 1.54) is 11.3 Å². The van der Waals surface area contributed by atoms with Gasteiger partial charge in [0.15, 0.2) is 4.77 Å². The predicted molar refractivity (Wildman–Crippen MR) is 79.2 cm³/mol. The molecule has 0 spiro atoms. The first-order chi connectivity index (χ1) is 8.50. The molecule has 2 heterocycles. The molecule has 0 aliphatic heterocycles. The molecule has 0 aliphatic carbocycles. The predicted octanol–water partition coefficient (Wildman–Crippen LogP) is 2.63. The molecule has 0 saturated heterocycles. The van der Waals surface area contributed by atoms with Crippen LogP contribution in [-0.2, 0) is 0 Å². The van der Waals surface area contributed by atoms with Gasteiger partial charge in [-0.3, -0.25) is 9.36 Å². The fourth-order valence-corrected chi connectivity index (χ4v) is 3.08. The zero-order valence-corrected chi connectivity index (χ0v) is 12.4. The molecule has 0 aliphatic rings. The fourth-order valence-electron chi connectivity index (χ4n) is 1.92. The van der Waals surface area contributed by atoms with Gasteiger partial charge < -0.3 is 9.88 Å². The Bertz CT molecular complexity index is 653. The van der Waals surface area contributed by atoms with E-state index in [2.05, 4.69) is 9.88 Å². The highest BCUT2D eigenvalue weighted by atomic mass is 32.1. The Morgan fingerprint density at radius 3 is 2.94 bits per heavy atom. The molecule has 0 saturated carbocycles. The molecule has 0 fully saturated rings. The van der Waals surface area contributed by atoms with Gasteiger partial charge in [0.2, 0.25) is 0 Å². The van der Waals surface area contributed by atoms with Crippen molar-refractivity contribution in [2.75, 3.05) is 20.6 Å². The van der Waals surface area contributed by atoms with Gasteiger partial charge in [-0.15, -0.1) is 11.3 Å². The Hall–Kier alpha value is -0.980. The second kappa shape index (κ2) is 5.34. The van der Waals surface area contributed by atoms with Crippen LogP contribution in [0.4, 0.5) is 0 Å². The van der Waals surface area contributed by atoms with Crippen LogP contribution in [0.15, 0.2) is 16.2 Å². The van der Waals surface area contributed by atoms with Crippen LogP contribution in [-0.4, -0.2) is 35.1 Å². The third-order valence-electron chi connectivity index (χ3n) is 2.97. The van der Waals surface area contributed by atoms with E-state index in [0.717, 1.165) is 23.2 Å². The first-order valence-electron chi connectivity index (χ1n) is 5.87. The van der Waals surface area contributed by atoms with Crippen molar-refractivity contribution in [3.8, 4) is 0 Å². The fraction of sp³-hybridized carbons (Fsp3) is 0.500. The van der Waals surface area contributed by atoms with E-state index in [1.54, 1.807) is 4.57 Å². The van der Waals surface area contributed by atoms with Gasteiger partial charge in [0.1, 0.15) is 4.70 Å². The Morgan fingerprint density at radius 1 is 1.56 bits per heavy atom. The lowest BCUT2D eigenvalue weighted by molar-refractivity contribution is 0.353. The van der Waals surface area contributed by atoms with Gasteiger partial charge in [0.25, 0.3) is 5.56 Å². The summed E-state index contributed by atoms with van der Waals surface area (Å²) in [5.74, 6) is 0. The number of rotatable bonds is 4. The zero-order valence-electron chi connectivity index (χ0n) is 10.8. The van der Waals surface area contributed by atoms with E-state index in [0.29, 0.717) is 4.77 Å². The lowest BCUT2D eigenvalue weighted by Gasteiger charge is -2.17. The van der Waals surface area contributed by atoms with Crippen molar-refractivity contribution >= 4 is 33.8 Å². The highest BCUT2D eigenvalue weighted by Crippen LogP contribution is 2.16. The quantitative estimate of drug-likeness (QED) is 0.877. The Balaban J connectivity index is 2.43. The van der Waals surface area contributed by atoms with Crippen molar-refractivity contribution in [1.29, 1.82) is 0 Å². The van der Waals surface area contributed by atoms with Crippen molar-refractivity contribution in [2.24, 2.45) is 0 Å². The van der Waals surface area contributed by atoms with Gasteiger partial charge in [-0.2, -0.15) is 0 Å². The molecule has 1 N–H and O–H groups in total. The summed E-state index contributed by atoms with van der Waals surface area (Å²) in [5, 5.41) is 1.91. The summed E-state index contributed by atoms with van der Waals surface area (Å²) in [7, 11) is 4.05. The molecule has 1 atom stereocenters. The number of aromatic nitrogens is 2. The molecule has 0 amide bonds. The summed E-state index contributed by atoms with van der Waals surface area (Å²) in [6.45, 7) is 2.97. The maximum absolute atomic E-state index is 12.4. The first-order valence-corrected chi connectivity index (χ1v) is 7.16. The Labute approximate surface area is 115 Å². The van der Waals surface area contributed by atoms with Crippen LogP contribution in [0.5, 0.6) is 0 Å². The molecule has 0 aromatic carbocycles. The van der Waals surface area contributed by atoms with E-state index < -0.39 is 0 Å². The highest BCUT2D eigenvalue weighted by molar-refractivity contribution is 7.71. The average molecular weight is 283 g/mol. The van der Waals surface area contributed by atoms with Gasteiger partial charge in [0, 0.05) is 6.04 Å². The van der Waals surface area contributed by atoms with Crippen LogP contribution in [0.1, 0.15) is 19.4 Å². The summed E-state index contributed by atoms with van der Waals surface area (Å²) in [6.07, 6.45) is 0.904. The Kier molecular flexibility index (Phi) is 3.99. The molecular formula is C12H17N3OS2.